The van der Waals surface area contributed by atoms with Crippen LogP contribution in [0.25, 0.3) is 0 Å². The second-order valence-electron chi connectivity index (χ2n) is 4.59. The van der Waals surface area contributed by atoms with Gasteiger partial charge in [0, 0.05) is 35.4 Å². The Morgan fingerprint density at radius 1 is 1.50 bits per heavy atom. The molecule has 0 aliphatic carbocycles. The van der Waals surface area contributed by atoms with Gasteiger partial charge in [0.1, 0.15) is 0 Å². The van der Waals surface area contributed by atoms with E-state index in [1.165, 1.54) is 0 Å². The Hall–Kier alpha value is -0.740. The van der Waals surface area contributed by atoms with Gasteiger partial charge in [-0.15, -0.1) is 0 Å². The highest BCUT2D eigenvalue weighted by molar-refractivity contribution is 8.00. The van der Waals surface area contributed by atoms with Crippen LogP contribution < -0.4 is 0 Å². The number of nitrogens with zero attached hydrogens (tertiary/aromatic N) is 1. The molecule has 102 valence electrons. The van der Waals surface area contributed by atoms with E-state index >= 15 is 0 Å². The maximum absolute atomic E-state index is 12.2. The van der Waals surface area contributed by atoms with Gasteiger partial charge in [0.2, 0.25) is 0 Å². The fourth-order valence-electron chi connectivity index (χ4n) is 2.13. The van der Waals surface area contributed by atoms with Gasteiger partial charge in [0.15, 0.2) is 5.78 Å². The van der Waals surface area contributed by atoms with Crippen LogP contribution in [0.4, 0.5) is 0 Å². The van der Waals surface area contributed by atoms with Gasteiger partial charge >= 0.3 is 0 Å². The van der Waals surface area contributed by atoms with Gasteiger partial charge in [-0.3, -0.25) is 4.79 Å². The molecular weight excluding hydrogens is 246 g/mol. The summed E-state index contributed by atoms with van der Waals surface area (Å²) >= 11 is 1.62. The molecule has 18 heavy (non-hydrogen) atoms. The minimum atomic E-state index is 0.187. The van der Waals surface area contributed by atoms with Crippen molar-refractivity contribution in [2.24, 2.45) is 0 Å². The zero-order valence-corrected chi connectivity index (χ0v) is 12.5. The van der Waals surface area contributed by atoms with E-state index < -0.39 is 0 Å². The minimum absolute atomic E-state index is 0.187. The van der Waals surface area contributed by atoms with Crippen LogP contribution in [0.15, 0.2) is 6.07 Å². The van der Waals surface area contributed by atoms with E-state index in [9.17, 15) is 4.79 Å². The molecule has 1 atom stereocenters. The first-order valence-corrected chi connectivity index (χ1v) is 7.48. The molecule has 1 aromatic heterocycles. The van der Waals surface area contributed by atoms with Gasteiger partial charge in [-0.1, -0.05) is 6.92 Å². The first-order valence-electron chi connectivity index (χ1n) is 6.43. The number of hydrogen-bond acceptors (Lipinski definition) is 3. The summed E-state index contributed by atoms with van der Waals surface area (Å²) in [4.78, 5) is 12.2. The normalized spacial score (nSPS) is 12.7. The summed E-state index contributed by atoms with van der Waals surface area (Å²) in [7, 11) is 0. The molecule has 0 aliphatic rings. The quantitative estimate of drug-likeness (QED) is 0.774. The number of aromatic nitrogens is 1. The molecule has 1 rings (SSSR count). The van der Waals surface area contributed by atoms with Crippen LogP contribution in [0, 0.1) is 13.8 Å². The molecule has 0 radical (unpaired) electrons. The van der Waals surface area contributed by atoms with Crippen molar-refractivity contribution in [1.82, 2.24) is 4.57 Å². The topological polar surface area (TPSA) is 42.2 Å². The van der Waals surface area contributed by atoms with Crippen LogP contribution in [0.3, 0.4) is 0 Å². The van der Waals surface area contributed by atoms with E-state index in [1.54, 1.807) is 11.8 Å². The molecule has 0 fully saturated rings. The summed E-state index contributed by atoms with van der Waals surface area (Å²) in [5, 5.41) is 9.16. The fraction of sp³-hybridized carbons (Fsp3) is 0.643. The first kappa shape index (κ1) is 15.3. The predicted octanol–water partition coefficient (Wildman–Crippen LogP) is 2.81. The molecule has 0 bridgehead atoms. The summed E-state index contributed by atoms with van der Waals surface area (Å²) in [6.07, 6.45) is 0.742. The van der Waals surface area contributed by atoms with E-state index in [0.29, 0.717) is 11.0 Å². The molecule has 0 aromatic carbocycles. The highest BCUT2D eigenvalue weighted by Gasteiger charge is 2.15. The molecule has 0 spiro atoms. The van der Waals surface area contributed by atoms with Crippen LogP contribution in [-0.2, 0) is 6.54 Å². The first-order chi connectivity index (χ1) is 8.51. The number of Topliss-reactive ketones (excluding diaryl/α,β-unsaturated/α-hetero) is 1. The van der Waals surface area contributed by atoms with Crippen LogP contribution in [-0.4, -0.2) is 33.1 Å². The van der Waals surface area contributed by atoms with E-state index in [1.807, 2.05) is 26.8 Å². The van der Waals surface area contributed by atoms with E-state index in [4.69, 9.17) is 5.11 Å². The molecule has 1 N–H and O–H groups in total. The third-order valence-electron chi connectivity index (χ3n) is 3.22. The van der Waals surface area contributed by atoms with Gasteiger partial charge in [0.05, 0.1) is 5.75 Å². The number of aliphatic hydroxyl groups is 1. The molecule has 0 aliphatic heterocycles. The third kappa shape index (κ3) is 3.62. The van der Waals surface area contributed by atoms with Gasteiger partial charge < -0.3 is 9.67 Å². The van der Waals surface area contributed by atoms with Crippen molar-refractivity contribution in [3.63, 3.8) is 0 Å². The van der Waals surface area contributed by atoms with Crippen molar-refractivity contribution in [1.29, 1.82) is 0 Å². The van der Waals surface area contributed by atoms with Crippen molar-refractivity contribution < 1.29 is 9.90 Å². The summed E-state index contributed by atoms with van der Waals surface area (Å²) in [5.74, 6) is 0.687. The van der Waals surface area contributed by atoms with Crippen LogP contribution >= 0.6 is 11.8 Å². The van der Waals surface area contributed by atoms with Gasteiger partial charge in [-0.25, -0.2) is 0 Å². The summed E-state index contributed by atoms with van der Waals surface area (Å²) in [6, 6.07) is 1.98. The number of aliphatic hydroxyl groups excluding tert-OH is 1. The second-order valence-corrected chi connectivity index (χ2v) is 6.01. The minimum Gasteiger partial charge on any atom is -0.396 e. The summed E-state index contributed by atoms with van der Waals surface area (Å²) in [5.41, 5.74) is 3.06. The van der Waals surface area contributed by atoms with Gasteiger partial charge in [-0.2, -0.15) is 11.8 Å². The Labute approximate surface area is 114 Å². The largest absolute Gasteiger partial charge is 0.396 e. The van der Waals surface area contributed by atoms with Crippen LogP contribution in [0.2, 0.25) is 0 Å². The molecule has 4 heteroatoms. The molecule has 1 aromatic rings. The van der Waals surface area contributed by atoms with E-state index in [-0.39, 0.29) is 12.4 Å². The fourth-order valence-corrected chi connectivity index (χ4v) is 2.99. The lowest BCUT2D eigenvalue weighted by molar-refractivity contribution is 0.102. The van der Waals surface area contributed by atoms with E-state index in [2.05, 4.69) is 11.5 Å². The molecule has 3 nitrogen and oxygen atoms in total. The standard InChI is InChI=1S/C14H23NO2S/c1-5-15-10(2)8-13(12(15)4)14(17)9-18-11(3)6-7-16/h8,11,16H,5-7,9H2,1-4H3. The number of thioether (sulfide) groups is 1. The second kappa shape index (κ2) is 7.00. The van der Waals surface area contributed by atoms with Crippen molar-refractivity contribution in [2.45, 2.75) is 45.9 Å². The summed E-state index contributed by atoms with van der Waals surface area (Å²) in [6.45, 7) is 9.27. The highest BCUT2D eigenvalue weighted by atomic mass is 32.2. The van der Waals surface area contributed by atoms with Gasteiger partial charge in [-0.05, 0) is 33.3 Å². The van der Waals surface area contributed by atoms with Crippen molar-refractivity contribution in [3.05, 3.63) is 23.0 Å². The number of carbonyl (C=O) groups excluding carboxylic acids is 1. The van der Waals surface area contributed by atoms with E-state index in [0.717, 1.165) is 29.9 Å². The third-order valence-corrected chi connectivity index (χ3v) is 4.46. The van der Waals surface area contributed by atoms with Crippen molar-refractivity contribution >= 4 is 17.5 Å². The predicted molar refractivity (Wildman–Crippen MR) is 77.5 cm³/mol. The molecular formula is C14H23NO2S. The lowest BCUT2D eigenvalue weighted by atomic mass is 10.2. The smallest absolute Gasteiger partial charge is 0.174 e. The highest BCUT2D eigenvalue weighted by Crippen LogP contribution is 2.20. The Balaban J connectivity index is 2.67. The zero-order chi connectivity index (χ0) is 13.7. The van der Waals surface area contributed by atoms with Crippen molar-refractivity contribution in [3.8, 4) is 0 Å². The molecule has 1 heterocycles. The lowest BCUT2D eigenvalue weighted by Crippen LogP contribution is -2.09. The summed E-state index contributed by atoms with van der Waals surface area (Å²) < 4.78 is 2.16. The maximum atomic E-state index is 12.2. The zero-order valence-electron chi connectivity index (χ0n) is 11.7. The number of carbonyl (C=O) groups is 1. The Kier molecular flexibility index (Phi) is 5.96. The number of aryl methyl sites for hydroxylation is 1. The average molecular weight is 269 g/mol. The van der Waals surface area contributed by atoms with Crippen molar-refractivity contribution in [2.75, 3.05) is 12.4 Å². The Bertz CT molecular complexity index is 412. The molecule has 0 amide bonds. The monoisotopic (exact) mass is 269 g/mol. The number of rotatable bonds is 7. The number of ketones is 1. The Morgan fingerprint density at radius 3 is 2.67 bits per heavy atom. The number of hydrogen-bond donors (Lipinski definition) is 1. The SMILES string of the molecule is CCn1c(C)cc(C(=O)CSC(C)CCO)c1C. The van der Waals surface area contributed by atoms with Crippen LogP contribution in [0.1, 0.15) is 42.0 Å². The lowest BCUT2D eigenvalue weighted by Gasteiger charge is -2.09. The molecule has 0 saturated carbocycles. The maximum Gasteiger partial charge on any atom is 0.174 e. The van der Waals surface area contributed by atoms with Crippen LogP contribution in [0.5, 0.6) is 0 Å². The average Bonchev–Trinajstić information content (AvgIpc) is 2.62. The Morgan fingerprint density at radius 2 is 2.17 bits per heavy atom. The molecule has 0 saturated heterocycles. The molecule has 1 unspecified atom stereocenters. The van der Waals surface area contributed by atoms with Gasteiger partial charge in [0.25, 0.3) is 0 Å².